The molecule has 170 valence electrons. The number of anilines is 1. The number of amides is 1. The van der Waals surface area contributed by atoms with E-state index in [1.807, 2.05) is 24.3 Å². The Balaban J connectivity index is 1.71. The zero-order valence-corrected chi connectivity index (χ0v) is 19.6. The van der Waals surface area contributed by atoms with Crippen molar-refractivity contribution in [3.8, 4) is 28.6 Å². The van der Waals surface area contributed by atoms with Crippen LogP contribution in [0.3, 0.4) is 0 Å². The number of nitrogens with zero attached hydrogens (tertiary/aromatic N) is 3. The number of thioether (sulfide) groups is 1. The molecule has 1 aromatic heterocycles. The SMILES string of the molecule is CCCCn1c(SCC(=O)Nc2ccc(OC)c(OC)c2)nnc1-c1ccc(OC)cc1. The zero-order chi connectivity index (χ0) is 22.9. The molecule has 0 spiro atoms. The smallest absolute Gasteiger partial charge is 0.234 e. The van der Waals surface area contributed by atoms with Crippen LogP contribution in [-0.2, 0) is 11.3 Å². The summed E-state index contributed by atoms with van der Waals surface area (Å²) in [5.74, 6) is 2.80. The predicted molar refractivity (Wildman–Crippen MR) is 126 cm³/mol. The van der Waals surface area contributed by atoms with Gasteiger partial charge in [-0.1, -0.05) is 25.1 Å². The van der Waals surface area contributed by atoms with E-state index in [9.17, 15) is 4.79 Å². The maximum atomic E-state index is 12.5. The largest absolute Gasteiger partial charge is 0.497 e. The van der Waals surface area contributed by atoms with E-state index in [1.165, 1.54) is 11.8 Å². The van der Waals surface area contributed by atoms with Crippen molar-refractivity contribution in [2.45, 2.75) is 31.5 Å². The standard InChI is InChI=1S/C23H28N4O4S/c1-5-6-13-27-22(16-7-10-18(29-2)11-8-16)25-26-23(27)32-15-21(28)24-17-9-12-19(30-3)20(14-17)31-4/h7-12,14H,5-6,13,15H2,1-4H3,(H,24,28). The predicted octanol–water partition coefficient (Wildman–Crippen LogP) is 4.50. The van der Waals surface area contributed by atoms with Crippen LogP contribution in [0.25, 0.3) is 11.4 Å². The number of rotatable bonds is 11. The monoisotopic (exact) mass is 456 g/mol. The summed E-state index contributed by atoms with van der Waals surface area (Å²) < 4.78 is 17.8. The topological polar surface area (TPSA) is 87.5 Å². The molecule has 1 amide bonds. The molecule has 1 heterocycles. The van der Waals surface area contributed by atoms with Crippen LogP contribution in [0.1, 0.15) is 19.8 Å². The van der Waals surface area contributed by atoms with Gasteiger partial charge in [-0.15, -0.1) is 10.2 Å². The van der Waals surface area contributed by atoms with Crippen LogP contribution in [0.15, 0.2) is 47.6 Å². The van der Waals surface area contributed by atoms with Gasteiger partial charge < -0.3 is 24.1 Å². The average molecular weight is 457 g/mol. The quantitative estimate of drug-likeness (QED) is 0.425. The van der Waals surface area contributed by atoms with Crippen molar-refractivity contribution < 1.29 is 19.0 Å². The molecule has 3 aromatic rings. The van der Waals surface area contributed by atoms with E-state index < -0.39 is 0 Å². The van der Waals surface area contributed by atoms with E-state index in [4.69, 9.17) is 14.2 Å². The maximum absolute atomic E-state index is 12.5. The summed E-state index contributed by atoms with van der Waals surface area (Å²) >= 11 is 1.36. The summed E-state index contributed by atoms with van der Waals surface area (Å²) in [5, 5.41) is 12.3. The molecule has 32 heavy (non-hydrogen) atoms. The molecular formula is C23H28N4O4S. The van der Waals surface area contributed by atoms with E-state index >= 15 is 0 Å². The van der Waals surface area contributed by atoms with Gasteiger partial charge in [0, 0.05) is 23.9 Å². The number of hydrogen-bond donors (Lipinski definition) is 1. The molecule has 0 bridgehead atoms. The third-order valence-corrected chi connectivity index (χ3v) is 5.77. The first kappa shape index (κ1) is 23.5. The van der Waals surface area contributed by atoms with E-state index in [2.05, 4.69) is 27.0 Å². The zero-order valence-electron chi connectivity index (χ0n) is 18.8. The van der Waals surface area contributed by atoms with E-state index in [1.54, 1.807) is 39.5 Å². The van der Waals surface area contributed by atoms with Gasteiger partial charge in [-0.2, -0.15) is 0 Å². The molecule has 0 radical (unpaired) electrons. The van der Waals surface area contributed by atoms with Gasteiger partial charge in [0.05, 0.1) is 27.1 Å². The summed E-state index contributed by atoms with van der Waals surface area (Å²) in [7, 11) is 4.77. The lowest BCUT2D eigenvalue weighted by Gasteiger charge is -2.11. The minimum absolute atomic E-state index is 0.141. The Labute approximate surface area is 192 Å². The first-order chi connectivity index (χ1) is 15.6. The lowest BCUT2D eigenvalue weighted by atomic mass is 10.2. The minimum atomic E-state index is -0.141. The molecule has 3 rings (SSSR count). The second-order valence-electron chi connectivity index (χ2n) is 6.95. The number of ether oxygens (including phenoxy) is 3. The van der Waals surface area contributed by atoms with Gasteiger partial charge in [-0.25, -0.2) is 0 Å². The minimum Gasteiger partial charge on any atom is -0.497 e. The molecule has 0 fully saturated rings. The third-order valence-electron chi connectivity index (χ3n) is 4.80. The molecule has 0 aliphatic rings. The Bertz CT molecular complexity index is 1040. The number of unbranched alkanes of at least 4 members (excludes halogenated alkanes) is 1. The van der Waals surface area contributed by atoms with Crippen LogP contribution in [0.4, 0.5) is 5.69 Å². The van der Waals surface area contributed by atoms with Crippen molar-refractivity contribution in [2.75, 3.05) is 32.4 Å². The van der Waals surface area contributed by atoms with Gasteiger partial charge in [-0.05, 0) is 42.8 Å². The fourth-order valence-corrected chi connectivity index (χ4v) is 3.87. The van der Waals surface area contributed by atoms with Crippen LogP contribution in [0.2, 0.25) is 0 Å². The van der Waals surface area contributed by atoms with Crippen LogP contribution >= 0.6 is 11.8 Å². The van der Waals surface area contributed by atoms with E-state index in [0.717, 1.165) is 36.5 Å². The number of hydrogen-bond acceptors (Lipinski definition) is 7. The third kappa shape index (κ3) is 5.73. The highest BCUT2D eigenvalue weighted by Gasteiger charge is 2.16. The first-order valence-electron chi connectivity index (χ1n) is 10.3. The van der Waals surface area contributed by atoms with Crippen molar-refractivity contribution in [1.82, 2.24) is 14.8 Å². The number of aromatic nitrogens is 3. The summed E-state index contributed by atoms with van der Waals surface area (Å²) in [6.45, 7) is 2.92. The molecule has 9 heteroatoms. The van der Waals surface area contributed by atoms with Gasteiger partial charge in [0.15, 0.2) is 22.5 Å². The highest BCUT2D eigenvalue weighted by atomic mass is 32.2. The van der Waals surface area contributed by atoms with Gasteiger partial charge >= 0.3 is 0 Å². The summed E-state index contributed by atoms with van der Waals surface area (Å²) in [6, 6.07) is 13.0. The fraction of sp³-hybridized carbons (Fsp3) is 0.348. The Hall–Kier alpha value is -3.20. The van der Waals surface area contributed by atoms with Crippen LogP contribution in [0, 0.1) is 0 Å². The van der Waals surface area contributed by atoms with Crippen LogP contribution in [0.5, 0.6) is 17.2 Å². The Morgan fingerprint density at radius 1 is 1.00 bits per heavy atom. The van der Waals surface area contributed by atoms with Crippen molar-refractivity contribution in [2.24, 2.45) is 0 Å². The second-order valence-corrected chi connectivity index (χ2v) is 7.89. The van der Waals surface area contributed by atoms with Crippen molar-refractivity contribution in [3.63, 3.8) is 0 Å². The van der Waals surface area contributed by atoms with Crippen LogP contribution in [-0.4, -0.2) is 47.8 Å². The second kappa shape index (κ2) is 11.4. The maximum Gasteiger partial charge on any atom is 0.234 e. The molecule has 8 nitrogen and oxygen atoms in total. The molecular weight excluding hydrogens is 428 g/mol. The van der Waals surface area contributed by atoms with E-state index in [-0.39, 0.29) is 11.7 Å². The highest BCUT2D eigenvalue weighted by molar-refractivity contribution is 7.99. The Morgan fingerprint density at radius 2 is 1.75 bits per heavy atom. The van der Waals surface area contributed by atoms with Crippen molar-refractivity contribution in [3.05, 3.63) is 42.5 Å². The molecule has 0 aliphatic carbocycles. The van der Waals surface area contributed by atoms with Crippen molar-refractivity contribution in [1.29, 1.82) is 0 Å². The van der Waals surface area contributed by atoms with Gasteiger partial charge in [0.2, 0.25) is 5.91 Å². The number of nitrogens with one attached hydrogen (secondary N) is 1. The number of carbonyl (C=O) groups is 1. The normalized spacial score (nSPS) is 10.6. The van der Waals surface area contributed by atoms with Crippen LogP contribution < -0.4 is 19.5 Å². The number of benzene rings is 2. The number of methoxy groups -OCH3 is 3. The Morgan fingerprint density at radius 3 is 2.41 bits per heavy atom. The lowest BCUT2D eigenvalue weighted by Crippen LogP contribution is -2.15. The van der Waals surface area contributed by atoms with E-state index in [0.29, 0.717) is 22.3 Å². The van der Waals surface area contributed by atoms with Gasteiger partial charge in [-0.3, -0.25) is 4.79 Å². The first-order valence-corrected chi connectivity index (χ1v) is 11.3. The van der Waals surface area contributed by atoms with Crippen molar-refractivity contribution >= 4 is 23.4 Å². The average Bonchev–Trinajstić information content (AvgIpc) is 3.23. The fourth-order valence-electron chi connectivity index (χ4n) is 3.11. The summed E-state index contributed by atoms with van der Waals surface area (Å²) in [5.41, 5.74) is 1.59. The van der Waals surface area contributed by atoms with Gasteiger partial charge in [0.25, 0.3) is 0 Å². The lowest BCUT2D eigenvalue weighted by molar-refractivity contribution is -0.113. The number of carbonyl (C=O) groups excluding carboxylic acids is 1. The molecule has 0 aliphatic heterocycles. The molecule has 0 saturated heterocycles. The molecule has 0 atom stereocenters. The molecule has 0 saturated carbocycles. The molecule has 0 unspecified atom stereocenters. The highest BCUT2D eigenvalue weighted by Crippen LogP contribution is 2.30. The van der Waals surface area contributed by atoms with Gasteiger partial charge in [0.1, 0.15) is 5.75 Å². The molecule has 2 aromatic carbocycles. The summed E-state index contributed by atoms with van der Waals surface area (Å²) in [4.78, 5) is 12.5. The summed E-state index contributed by atoms with van der Waals surface area (Å²) in [6.07, 6.45) is 2.04. The Kier molecular flexibility index (Phi) is 8.38. The molecule has 1 N–H and O–H groups in total.